The van der Waals surface area contributed by atoms with Gasteiger partial charge in [-0.25, -0.2) is 0 Å². The Labute approximate surface area is 124 Å². The summed E-state index contributed by atoms with van der Waals surface area (Å²) >= 11 is 0. The molecule has 1 saturated heterocycles. The molecule has 1 aliphatic heterocycles. The Bertz CT molecular complexity index is 516. The minimum atomic E-state index is -0.399. The highest BCUT2D eigenvalue weighted by Crippen LogP contribution is 2.39. The first kappa shape index (κ1) is 15.6. The first-order valence-electron chi connectivity index (χ1n) is 7.27. The standard InChI is InChI=1S/C15H22N2O4/c1-10(2)21-14-6-4-5-13(15(14)17(19)20)16-8-7-12(9-16)11(3)18/h4-6,10-12,18H,7-9H2,1-3H3. The summed E-state index contributed by atoms with van der Waals surface area (Å²) in [4.78, 5) is 13.0. The van der Waals surface area contributed by atoms with Gasteiger partial charge in [0.25, 0.3) is 0 Å². The van der Waals surface area contributed by atoms with Crippen molar-refractivity contribution in [2.24, 2.45) is 5.92 Å². The number of benzene rings is 1. The number of aliphatic hydroxyl groups is 1. The Hall–Kier alpha value is -1.82. The van der Waals surface area contributed by atoms with E-state index in [1.807, 2.05) is 18.7 Å². The summed E-state index contributed by atoms with van der Waals surface area (Å²) in [6, 6.07) is 5.15. The van der Waals surface area contributed by atoms with Gasteiger partial charge in [0.1, 0.15) is 5.69 Å². The Balaban J connectivity index is 2.33. The number of nitrogens with zero attached hydrogens (tertiary/aromatic N) is 2. The molecule has 1 fully saturated rings. The molecule has 2 rings (SSSR count). The van der Waals surface area contributed by atoms with Crippen LogP contribution in [0.25, 0.3) is 0 Å². The van der Waals surface area contributed by atoms with Crippen LogP contribution in [0.5, 0.6) is 5.75 Å². The topological polar surface area (TPSA) is 75.8 Å². The van der Waals surface area contributed by atoms with Crippen LogP contribution in [-0.4, -0.2) is 35.3 Å². The lowest BCUT2D eigenvalue weighted by Crippen LogP contribution is -2.24. The largest absolute Gasteiger partial charge is 0.484 e. The van der Waals surface area contributed by atoms with Crippen molar-refractivity contribution < 1.29 is 14.8 Å². The number of anilines is 1. The van der Waals surface area contributed by atoms with E-state index < -0.39 is 6.10 Å². The number of hydrogen-bond acceptors (Lipinski definition) is 5. The molecule has 2 unspecified atom stereocenters. The van der Waals surface area contributed by atoms with E-state index in [0.29, 0.717) is 24.5 Å². The average Bonchev–Trinajstić information content (AvgIpc) is 2.86. The highest BCUT2D eigenvalue weighted by molar-refractivity contribution is 5.70. The van der Waals surface area contributed by atoms with Gasteiger partial charge in [-0.2, -0.15) is 0 Å². The number of aliphatic hydroxyl groups excluding tert-OH is 1. The van der Waals surface area contributed by atoms with Crippen molar-refractivity contribution >= 4 is 11.4 Å². The van der Waals surface area contributed by atoms with Crippen LogP contribution in [0.3, 0.4) is 0 Å². The summed E-state index contributed by atoms with van der Waals surface area (Å²) in [5.74, 6) is 0.451. The van der Waals surface area contributed by atoms with E-state index in [-0.39, 0.29) is 22.6 Å². The van der Waals surface area contributed by atoms with Crippen molar-refractivity contribution in [2.45, 2.75) is 39.4 Å². The number of para-hydroxylation sites is 1. The number of rotatable bonds is 5. The number of nitro benzene ring substituents is 1. The predicted octanol–water partition coefficient (Wildman–Crippen LogP) is 2.59. The lowest BCUT2D eigenvalue weighted by atomic mass is 10.0. The molecular formula is C15H22N2O4. The monoisotopic (exact) mass is 294 g/mol. The quantitative estimate of drug-likeness (QED) is 0.667. The SMILES string of the molecule is CC(C)Oc1cccc(N2CCC(C(C)O)C2)c1[N+](=O)[O-]. The summed E-state index contributed by atoms with van der Waals surface area (Å²) in [5, 5.41) is 21.1. The molecule has 0 bridgehead atoms. The third kappa shape index (κ3) is 3.44. The van der Waals surface area contributed by atoms with Crippen molar-refractivity contribution in [1.29, 1.82) is 0 Å². The molecule has 0 aliphatic carbocycles. The molecule has 116 valence electrons. The highest BCUT2D eigenvalue weighted by atomic mass is 16.6. The fraction of sp³-hybridized carbons (Fsp3) is 0.600. The molecule has 0 aromatic heterocycles. The molecule has 2 atom stereocenters. The summed E-state index contributed by atoms with van der Waals surface area (Å²) < 4.78 is 5.56. The molecule has 1 N–H and O–H groups in total. The normalized spacial score (nSPS) is 19.9. The molecule has 0 radical (unpaired) electrons. The van der Waals surface area contributed by atoms with Crippen molar-refractivity contribution in [3.8, 4) is 5.75 Å². The van der Waals surface area contributed by atoms with Crippen molar-refractivity contribution in [3.05, 3.63) is 28.3 Å². The van der Waals surface area contributed by atoms with Crippen LogP contribution in [-0.2, 0) is 0 Å². The fourth-order valence-electron chi connectivity index (χ4n) is 2.70. The van der Waals surface area contributed by atoms with Gasteiger partial charge in [-0.15, -0.1) is 0 Å². The average molecular weight is 294 g/mol. The molecule has 6 heteroatoms. The van der Waals surface area contributed by atoms with Crippen molar-refractivity contribution in [3.63, 3.8) is 0 Å². The maximum absolute atomic E-state index is 11.4. The van der Waals surface area contributed by atoms with Gasteiger partial charge < -0.3 is 14.7 Å². The predicted molar refractivity (Wildman–Crippen MR) is 80.9 cm³/mol. The number of ether oxygens (including phenoxy) is 1. The van der Waals surface area contributed by atoms with Crippen LogP contribution in [0.1, 0.15) is 27.2 Å². The molecule has 1 aliphatic rings. The van der Waals surface area contributed by atoms with Crippen LogP contribution in [0.4, 0.5) is 11.4 Å². The van der Waals surface area contributed by atoms with E-state index in [2.05, 4.69) is 0 Å². The Kier molecular flexibility index (Phi) is 4.67. The molecule has 1 heterocycles. The highest BCUT2D eigenvalue weighted by Gasteiger charge is 2.32. The molecule has 1 aromatic carbocycles. The van der Waals surface area contributed by atoms with Crippen LogP contribution in [0.2, 0.25) is 0 Å². The lowest BCUT2D eigenvalue weighted by Gasteiger charge is -2.21. The van der Waals surface area contributed by atoms with Crippen molar-refractivity contribution in [1.82, 2.24) is 0 Å². The Morgan fingerprint density at radius 1 is 1.43 bits per heavy atom. The van der Waals surface area contributed by atoms with E-state index in [9.17, 15) is 15.2 Å². The van der Waals surface area contributed by atoms with E-state index >= 15 is 0 Å². The molecular weight excluding hydrogens is 272 g/mol. The van der Waals surface area contributed by atoms with Gasteiger partial charge >= 0.3 is 5.69 Å². The second kappa shape index (κ2) is 6.30. The molecule has 0 amide bonds. The second-order valence-corrected chi connectivity index (χ2v) is 5.78. The van der Waals surface area contributed by atoms with Crippen LogP contribution < -0.4 is 9.64 Å². The Morgan fingerprint density at radius 2 is 2.14 bits per heavy atom. The number of hydrogen-bond donors (Lipinski definition) is 1. The van der Waals surface area contributed by atoms with E-state index in [4.69, 9.17) is 4.74 Å². The van der Waals surface area contributed by atoms with Crippen LogP contribution in [0, 0.1) is 16.0 Å². The van der Waals surface area contributed by atoms with Gasteiger partial charge in [0.15, 0.2) is 5.75 Å². The Morgan fingerprint density at radius 3 is 2.67 bits per heavy atom. The summed E-state index contributed by atoms with van der Waals surface area (Å²) in [6.45, 7) is 6.79. The van der Waals surface area contributed by atoms with Gasteiger partial charge in [-0.05, 0) is 39.3 Å². The zero-order valence-electron chi connectivity index (χ0n) is 12.7. The van der Waals surface area contributed by atoms with Gasteiger partial charge in [0.2, 0.25) is 0 Å². The third-order valence-corrected chi connectivity index (χ3v) is 3.77. The maximum atomic E-state index is 11.4. The summed E-state index contributed by atoms with van der Waals surface area (Å²) in [7, 11) is 0. The van der Waals surface area contributed by atoms with Gasteiger partial charge in [-0.3, -0.25) is 10.1 Å². The maximum Gasteiger partial charge on any atom is 0.333 e. The fourth-order valence-corrected chi connectivity index (χ4v) is 2.70. The second-order valence-electron chi connectivity index (χ2n) is 5.78. The first-order valence-corrected chi connectivity index (χ1v) is 7.27. The summed E-state index contributed by atoms with van der Waals surface area (Å²) in [6.07, 6.45) is 0.316. The first-order chi connectivity index (χ1) is 9.90. The smallest absolute Gasteiger partial charge is 0.333 e. The van der Waals surface area contributed by atoms with Gasteiger partial charge in [-0.1, -0.05) is 6.07 Å². The van der Waals surface area contributed by atoms with Crippen molar-refractivity contribution in [2.75, 3.05) is 18.0 Å². The van der Waals surface area contributed by atoms with E-state index in [0.717, 1.165) is 6.42 Å². The molecule has 1 aromatic rings. The zero-order chi connectivity index (χ0) is 15.6. The third-order valence-electron chi connectivity index (χ3n) is 3.77. The molecule has 0 spiro atoms. The lowest BCUT2D eigenvalue weighted by molar-refractivity contribution is -0.385. The van der Waals surface area contributed by atoms with Gasteiger partial charge in [0.05, 0.1) is 17.1 Å². The zero-order valence-corrected chi connectivity index (χ0v) is 12.7. The number of nitro groups is 1. The minimum Gasteiger partial charge on any atom is -0.484 e. The molecule has 6 nitrogen and oxygen atoms in total. The van der Waals surface area contributed by atoms with E-state index in [1.54, 1.807) is 25.1 Å². The summed E-state index contributed by atoms with van der Waals surface area (Å²) in [5.41, 5.74) is 0.582. The minimum absolute atomic E-state index is 0.0115. The molecule has 0 saturated carbocycles. The molecule has 21 heavy (non-hydrogen) atoms. The van der Waals surface area contributed by atoms with E-state index in [1.165, 1.54) is 0 Å². The van der Waals surface area contributed by atoms with Gasteiger partial charge in [0, 0.05) is 19.0 Å². The van der Waals surface area contributed by atoms with Crippen LogP contribution >= 0.6 is 0 Å². The van der Waals surface area contributed by atoms with Crippen LogP contribution in [0.15, 0.2) is 18.2 Å².